The maximum Gasteiger partial charge on any atom is 0.123 e. The molecule has 1 aromatic rings. The molecule has 1 aromatic carbocycles. The highest BCUT2D eigenvalue weighted by Gasteiger charge is 2.44. The highest BCUT2D eigenvalue weighted by molar-refractivity contribution is 5.27. The van der Waals surface area contributed by atoms with Crippen molar-refractivity contribution in [1.29, 1.82) is 0 Å². The van der Waals surface area contributed by atoms with Crippen LogP contribution in [0.1, 0.15) is 49.3 Å². The summed E-state index contributed by atoms with van der Waals surface area (Å²) in [5, 5.41) is 3.41. The molecule has 3 rings (SSSR count). The molecule has 0 aromatic heterocycles. The third kappa shape index (κ3) is 2.61. The second kappa shape index (κ2) is 5.45. The molecule has 1 saturated carbocycles. The predicted octanol–water partition coefficient (Wildman–Crippen LogP) is 3.74. The molecule has 3 heteroatoms. The van der Waals surface area contributed by atoms with E-state index >= 15 is 0 Å². The van der Waals surface area contributed by atoms with E-state index in [1.165, 1.54) is 19.3 Å². The van der Waals surface area contributed by atoms with Crippen LogP contribution >= 0.6 is 0 Å². The van der Waals surface area contributed by atoms with Gasteiger partial charge in [-0.1, -0.05) is 6.07 Å². The van der Waals surface area contributed by atoms with E-state index in [-0.39, 0.29) is 17.5 Å². The monoisotopic (exact) mass is 277 g/mol. The van der Waals surface area contributed by atoms with Crippen LogP contribution < -0.4 is 5.32 Å². The molecule has 1 heterocycles. The van der Waals surface area contributed by atoms with E-state index < -0.39 is 0 Å². The van der Waals surface area contributed by atoms with Gasteiger partial charge in [0.15, 0.2) is 0 Å². The molecular formula is C17H24FNO. The highest BCUT2D eigenvalue weighted by Crippen LogP contribution is 2.47. The number of halogens is 1. The van der Waals surface area contributed by atoms with E-state index in [0.29, 0.717) is 5.92 Å². The van der Waals surface area contributed by atoms with Gasteiger partial charge < -0.3 is 10.1 Å². The van der Waals surface area contributed by atoms with E-state index in [1.807, 2.05) is 14.0 Å². The summed E-state index contributed by atoms with van der Waals surface area (Å²) in [6.07, 6.45) is 5.84. The van der Waals surface area contributed by atoms with E-state index in [4.69, 9.17) is 4.74 Å². The second-order valence-electron chi connectivity index (χ2n) is 6.47. The Morgan fingerprint density at radius 2 is 2.15 bits per heavy atom. The molecule has 1 saturated heterocycles. The number of nitrogens with one attached hydrogen (secondary N) is 1. The van der Waals surface area contributed by atoms with Crippen molar-refractivity contribution < 1.29 is 9.13 Å². The normalized spacial score (nSPS) is 26.2. The number of aryl methyl sites for hydroxylation is 1. The smallest absolute Gasteiger partial charge is 0.123 e. The zero-order chi connectivity index (χ0) is 14.2. The van der Waals surface area contributed by atoms with Crippen molar-refractivity contribution in [3.8, 4) is 0 Å². The average molecular weight is 277 g/mol. The Kier molecular flexibility index (Phi) is 3.83. The number of rotatable bonds is 3. The SMILES string of the molecule is CNC(c1cc(C)cc(F)c1)C1CCOC2(CCC2)C1. The van der Waals surface area contributed by atoms with Crippen LogP contribution in [-0.4, -0.2) is 19.3 Å². The van der Waals surface area contributed by atoms with Crippen LogP contribution in [0.15, 0.2) is 18.2 Å². The first-order valence-corrected chi connectivity index (χ1v) is 7.70. The first-order chi connectivity index (χ1) is 9.62. The summed E-state index contributed by atoms with van der Waals surface area (Å²) in [5.41, 5.74) is 2.21. The van der Waals surface area contributed by atoms with Crippen molar-refractivity contribution in [3.63, 3.8) is 0 Å². The summed E-state index contributed by atoms with van der Waals surface area (Å²) in [6.45, 7) is 2.80. The Labute approximate surface area is 120 Å². The van der Waals surface area contributed by atoms with E-state index in [2.05, 4.69) is 11.4 Å². The van der Waals surface area contributed by atoms with Crippen LogP contribution in [0.4, 0.5) is 4.39 Å². The Morgan fingerprint density at radius 3 is 2.75 bits per heavy atom. The minimum atomic E-state index is -0.134. The molecular weight excluding hydrogens is 253 g/mol. The maximum atomic E-state index is 13.7. The van der Waals surface area contributed by atoms with Crippen LogP contribution in [0, 0.1) is 18.7 Å². The number of hydrogen-bond donors (Lipinski definition) is 1. The summed E-state index contributed by atoms with van der Waals surface area (Å²) in [7, 11) is 1.98. The summed E-state index contributed by atoms with van der Waals surface area (Å²) < 4.78 is 19.7. The van der Waals surface area contributed by atoms with Gasteiger partial charge >= 0.3 is 0 Å². The maximum absolute atomic E-state index is 13.7. The van der Waals surface area contributed by atoms with E-state index in [9.17, 15) is 4.39 Å². The molecule has 1 aliphatic heterocycles. The van der Waals surface area contributed by atoms with Gasteiger partial charge in [0.2, 0.25) is 0 Å². The fourth-order valence-electron chi connectivity index (χ4n) is 3.89. The minimum Gasteiger partial charge on any atom is -0.375 e. The van der Waals surface area contributed by atoms with Gasteiger partial charge in [-0.3, -0.25) is 0 Å². The van der Waals surface area contributed by atoms with Gasteiger partial charge in [0.05, 0.1) is 5.60 Å². The molecule has 2 nitrogen and oxygen atoms in total. The molecule has 2 atom stereocenters. The lowest BCUT2D eigenvalue weighted by molar-refractivity contribution is -0.147. The van der Waals surface area contributed by atoms with Gasteiger partial charge in [0.25, 0.3) is 0 Å². The van der Waals surface area contributed by atoms with Crippen molar-refractivity contribution in [1.82, 2.24) is 5.32 Å². The number of benzene rings is 1. The molecule has 2 unspecified atom stereocenters. The summed E-state index contributed by atoms with van der Waals surface area (Å²) in [4.78, 5) is 0. The first kappa shape index (κ1) is 14.0. The van der Waals surface area contributed by atoms with E-state index in [1.54, 1.807) is 12.1 Å². The first-order valence-electron chi connectivity index (χ1n) is 7.70. The zero-order valence-electron chi connectivity index (χ0n) is 12.4. The van der Waals surface area contributed by atoms with Crippen LogP contribution in [0.5, 0.6) is 0 Å². The summed E-state index contributed by atoms with van der Waals surface area (Å²) in [5.74, 6) is 0.404. The Morgan fingerprint density at radius 1 is 1.35 bits per heavy atom. The predicted molar refractivity (Wildman–Crippen MR) is 78.2 cm³/mol. The van der Waals surface area contributed by atoms with Gasteiger partial charge in [0, 0.05) is 12.6 Å². The van der Waals surface area contributed by atoms with Crippen molar-refractivity contribution in [2.45, 2.75) is 50.7 Å². The van der Waals surface area contributed by atoms with Crippen molar-refractivity contribution in [2.75, 3.05) is 13.7 Å². The Hall–Kier alpha value is -0.930. The number of ether oxygens (including phenoxy) is 1. The van der Waals surface area contributed by atoms with Gasteiger partial charge in [0.1, 0.15) is 5.82 Å². The van der Waals surface area contributed by atoms with Gasteiger partial charge in [-0.05, 0) is 75.3 Å². The van der Waals surface area contributed by atoms with Gasteiger partial charge in [-0.25, -0.2) is 4.39 Å². The summed E-state index contributed by atoms with van der Waals surface area (Å²) >= 11 is 0. The second-order valence-corrected chi connectivity index (χ2v) is 6.47. The van der Waals surface area contributed by atoms with Crippen LogP contribution in [0.2, 0.25) is 0 Å². The lowest BCUT2D eigenvalue weighted by atomic mass is 9.69. The van der Waals surface area contributed by atoms with Crippen molar-refractivity contribution in [2.24, 2.45) is 5.92 Å². The molecule has 2 aliphatic rings. The molecule has 20 heavy (non-hydrogen) atoms. The topological polar surface area (TPSA) is 21.3 Å². The molecule has 2 fully saturated rings. The fraction of sp³-hybridized carbons (Fsp3) is 0.647. The van der Waals surface area contributed by atoms with Crippen LogP contribution in [-0.2, 0) is 4.74 Å². The fourth-order valence-corrected chi connectivity index (χ4v) is 3.89. The molecule has 1 aliphatic carbocycles. The Bertz CT molecular complexity index is 464. The van der Waals surface area contributed by atoms with Crippen molar-refractivity contribution >= 4 is 0 Å². The van der Waals surface area contributed by atoms with Crippen LogP contribution in [0.3, 0.4) is 0 Å². The third-order valence-corrected chi connectivity index (χ3v) is 5.00. The van der Waals surface area contributed by atoms with Gasteiger partial charge in [-0.2, -0.15) is 0 Å². The molecule has 0 amide bonds. The molecule has 1 spiro atoms. The Balaban J connectivity index is 1.81. The lowest BCUT2D eigenvalue weighted by Gasteiger charge is -2.48. The van der Waals surface area contributed by atoms with Gasteiger partial charge in [-0.15, -0.1) is 0 Å². The third-order valence-electron chi connectivity index (χ3n) is 5.00. The number of hydrogen-bond acceptors (Lipinski definition) is 2. The largest absolute Gasteiger partial charge is 0.375 e. The highest BCUT2D eigenvalue weighted by atomic mass is 19.1. The molecule has 110 valence electrons. The average Bonchev–Trinajstić information content (AvgIpc) is 2.37. The molecule has 0 bridgehead atoms. The van der Waals surface area contributed by atoms with Crippen molar-refractivity contribution in [3.05, 3.63) is 35.1 Å². The van der Waals surface area contributed by atoms with E-state index in [0.717, 1.165) is 30.6 Å². The minimum absolute atomic E-state index is 0.134. The summed E-state index contributed by atoms with van der Waals surface area (Å²) in [6, 6.07) is 5.60. The molecule has 1 N–H and O–H groups in total. The molecule has 0 radical (unpaired) electrons. The lowest BCUT2D eigenvalue weighted by Crippen LogP contribution is -2.47. The zero-order valence-corrected chi connectivity index (χ0v) is 12.4. The van der Waals surface area contributed by atoms with Crippen LogP contribution in [0.25, 0.3) is 0 Å². The standard InChI is InChI=1S/C17H24FNO/c1-12-8-14(10-15(18)9-12)16(19-2)13-4-7-20-17(11-13)5-3-6-17/h8-10,13,16,19H,3-7,11H2,1-2H3. The quantitative estimate of drug-likeness (QED) is 0.908.